The molecule has 0 saturated carbocycles. The Morgan fingerprint density at radius 3 is 2.62 bits per heavy atom. The topological polar surface area (TPSA) is 54.0 Å². The molecule has 1 aliphatic heterocycles. The maximum Gasteiger partial charge on any atom is 0.236 e. The van der Waals surface area contributed by atoms with Gasteiger partial charge in [-0.2, -0.15) is 0 Å². The van der Waals surface area contributed by atoms with Crippen molar-refractivity contribution in [2.24, 2.45) is 0 Å². The quantitative estimate of drug-likeness (QED) is 0.878. The lowest BCUT2D eigenvalue weighted by molar-refractivity contribution is -0.122. The van der Waals surface area contributed by atoms with Crippen LogP contribution in [0.2, 0.25) is 0 Å². The van der Waals surface area contributed by atoms with Crippen LogP contribution >= 0.6 is 27.3 Å². The highest BCUT2D eigenvalue weighted by atomic mass is 79.9. The maximum atomic E-state index is 12.9. The molecule has 4 nitrogen and oxygen atoms in total. The van der Waals surface area contributed by atoms with Gasteiger partial charge in [0.05, 0.1) is 15.4 Å². The van der Waals surface area contributed by atoms with Crippen molar-refractivity contribution in [1.82, 2.24) is 10.3 Å². The largest absolute Gasteiger partial charge is 0.317 e. The van der Waals surface area contributed by atoms with E-state index >= 15 is 0 Å². The highest BCUT2D eigenvalue weighted by molar-refractivity contribution is 9.11. The molecule has 2 aromatic rings. The van der Waals surface area contributed by atoms with Gasteiger partial charge in [0.15, 0.2) is 5.13 Å². The second kappa shape index (κ2) is 6.25. The van der Waals surface area contributed by atoms with Gasteiger partial charge in [-0.1, -0.05) is 41.7 Å². The van der Waals surface area contributed by atoms with Crippen LogP contribution in [0.4, 0.5) is 5.13 Å². The van der Waals surface area contributed by atoms with E-state index < -0.39 is 5.41 Å². The van der Waals surface area contributed by atoms with Crippen LogP contribution in [0.3, 0.4) is 0 Å². The molecule has 1 aromatic carbocycles. The van der Waals surface area contributed by atoms with Gasteiger partial charge < -0.3 is 10.6 Å². The normalized spacial score (nSPS) is 17.4. The average Bonchev–Trinajstić information content (AvgIpc) is 2.94. The maximum absolute atomic E-state index is 12.9. The number of rotatable bonds is 3. The van der Waals surface area contributed by atoms with Gasteiger partial charge in [0, 0.05) is 0 Å². The van der Waals surface area contributed by atoms with Gasteiger partial charge in [-0.25, -0.2) is 4.98 Å². The lowest BCUT2D eigenvalue weighted by Gasteiger charge is -2.36. The number of nitrogens with one attached hydrogen (secondary N) is 2. The summed E-state index contributed by atoms with van der Waals surface area (Å²) < 4.78 is 0.914. The summed E-state index contributed by atoms with van der Waals surface area (Å²) in [6.45, 7) is 1.70. The Balaban J connectivity index is 1.90. The van der Waals surface area contributed by atoms with Gasteiger partial charge in [-0.3, -0.25) is 4.79 Å². The predicted octanol–water partition coefficient (Wildman–Crippen LogP) is 3.17. The number of piperidine rings is 1. The van der Waals surface area contributed by atoms with Crippen molar-refractivity contribution in [3.63, 3.8) is 0 Å². The number of benzene rings is 1. The molecule has 0 spiro atoms. The minimum Gasteiger partial charge on any atom is -0.317 e. The monoisotopic (exact) mass is 365 g/mol. The number of anilines is 1. The van der Waals surface area contributed by atoms with Crippen LogP contribution in [0.15, 0.2) is 40.3 Å². The van der Waals surface area contributed by atoms with Crippen molar-refractivity contribution in [1.29, 1.82) is 0 Å². The zero-order valence-electron chi connectivity index (χ0n) is 11.4. The molecule has 6 heteroatoms. The first-order valence-corrected chi connectivity index (χ1v) is 8.51. The number of hydrogen-bond acceptors (Lipinski definition) is 4. The van der Waals surface area contributed by atoms with E-state index in [9.17, 15) is 4.79 Å². The second-order valence-corrected chi connectivity index (χ2v) is 7.53. The predicted molar refractivity (Wildman–Crippen MR) is 88.7 cm³/mol. The molecule has 0 aliphatic carbocycles. The Morgan fingerprint density at radius 1 is 1.29 bits per heavy atom. The summed E-state index contributed by atoms with van der Waals surface area (Å²) in [6, 6.07) is 10.1. The van der Waals surface area contributed by atoms with E-state index in [1.165, 1.54) is 11.3 Å². The summed E-state index contributed by atoms with van der Waals surface area (Å²) in [6.07, 6.45) is 3.31. The van der Waals surface area contributed by atoms with E-state index in [0.717, 1.165) is 35.3 Å². The zero-order chi connectivity index (χ0) is 14.7. The fourth-order valence-corrected chi connectivity index (χ4v) is 3.89. The van der Waals surface area contributed by atoms with Crippen molar-refractivity contribution in [3.05, 3.63) is 45.9 Å². The lowest BCUT2D eigenvalue weighted by atomic mass is 9.72. The molecule has 1 aromatic heterocycles. The molecule has 110 valence electrons. The van der Waals surface area contributed by atoms with Gasteiger partial charge in [-0.05, 0) is 47.4 Å². The third-order valence-electron chi connectivity index (χ3n) is 3.92. The highest BCUT2D eigenvalue weighted by Gasteiger charge is 2.41. The standard InChI is InChI=1S/C15H16BrN3OS/c16-12-10-18-14(21-12)19-13(20)15(6-8-17-9-7-15)11-4-2-1-3-5-11/h1-5,10,17H,6-9H2,(H,18,19,20). The number of thiazole rings is 1. The molecule has 1 fully saturated rings. The number of halogens is 1. The number of aromatic nitrogens is 1. The first kappa shape index (κ1) is 14.7. The Labute approximate surface area is 136 Å². The van der Waals surface area contributed by atoms with Crippen LogP contribution in [-0.4, -0.2) is 24.0 Å². The molecule has 0 unspecified atom stereocenters. The third kappa shape index (κ3) is 3.02. The Hall–Kier alpha value is -1.24. The van der Waals surface area contributed by atoms with E-state index in [2.05, 4.69) is 31.5 Å². The molecule has 2 N–H and O–H groups in total. The fourth-order valence-electron chi connectivity index (χ4n) is 2.79. The van der Waals surface area contributed by atoms with Gasteiger partial charge >= 0.3 is 0 Å². The van der Waals surface area contributed by atoms with Crippen molar-refractivity contribution >= 4 is 38.3 Å². The Kier molecular flexibility index (Phi) is 4.37. The molecule has 3 rings (SSSR count). The molecule has 0 atom stereocenters. The summed E-state index contributed by atoms with van der Waals surface area (Å²) in [4.78, 5) is 17.1. The third-order valence-corrected chi connectivity index (χ3v) is 5.31. The first-order chi connectivity index (χ1) is 10.2. The average molecular weight is 366 g/mol. The number of carbonyl (C=O) groups excluding carboxylic acids is 1. The van der Waals surface area contributed by atoms with Crippen molar-refractivity contribution in [3.8, 4) is 0 Å². The molecule has 1 aliphatic rings. The summed E-state index contributed by atoms with van der Waals surface area (Å²) in [5.74, 6) is 0.0389. The molecule has 0 radical (unpaired) electrons. The van der Waals surface area contributed by atoms with Crippen LogP contribution in [-0.2, 0) is 10.2 Å². The van der Waals surface area contributed by atoms with Crippen LogP contribution in [0, 0.1) is 0 Å². The van der Waals surface area contributed by atoms with Gasteiger partial charge in [0.25, 0.3) is 0 Å². The molecule has 1 amide bonds. The Morgan fingerprint density at radius 2 is 2.00 bits per heavy atom. The number of hydrogen-bond donors (Lipinski definition) is 2. The van der Waals surface area contributed by atoms with Crippen LogP contribution in [0.5, 0.6) is 0 Å². The molecular weight excluding hydrogens is 350 g/mol. The molecule has 21 heavy (non-hydrogen) atoms. The fraction of sp³-hybridized carbons (Fsp3) is 0.333. The smallest absolute Gasteiger partial charge is 0.236 e. The van der Waals surface area contributed by atoms with Crippen LogP contribution in [0.1, 0.15) is 18.4 Å². The van der Waals surface area contributed by atoms with Gasteiger partial charge in [-0.15, -0.1) is 0 Å². The molecule has 1 saturated heterocycles. The van der Waals surface area contributed by atoms with E-state index in [-0.39, 0.29) is 5.91 Å². The molecular formula is C15H16BrN3OS. The summed E-state index contributed by atoms with van der Waals surface area (Å²) >= 11 is 4.80. The van der Waals surface area contributed by atoms with Crippen LogP contribution in [0.25, 0.3) is 0 Å². The molecule has 2 heterocycles. The van der Waals surface area contributed by atoms with Crippen molar-refractivity contribution in [2.75, 3.05) is 18.4 Å². The summed E-state index contributed by atoms with van der Waals surface area (Å²) in [5, 5.41) is 6.95. The number of nitrogens with zero attached hydrogens (tertiary/aromatic N) is 1. The highest BCUT2D eigenvalue weighted by Crippen LogP contribution is 2.35. The van der Waals surface area contributed by atoms with Crippen molar-refractivity contribution < 1.29 is 4.79 Å². The summed E-state index contributed by atoms with van der Waals surface area (Å²) in [5.41, 5.74) is 0.615. The summed E-state index contributed by atoms with van der Waals surface area (Å²) in [7, 11) is 0. The van der Waals surface area contributed by atoms with E-state index in [0.29, 0.717) is 5.13 Å². The van der Waals surface area contributed by atoms with E-state index in [1.54, 1.807) is 6.20 Å². The minimum absolute atomic E-state index is 0.0389. The zero-order valence-corrected chi connectivity index (χ0v) is 13.8. The Bertz CT molecular complexity index is 623. The minimum atomic E-state index is -0.468. The van der Waals surface area contributed by atoms with Gasteiger partial charge in [0.2, 0.25) is 5.91 Å². The van der Waals surface area contributed by atoms with Crippen molar-refractivity contribution in [2.45, 2.75) is 18.3 Å². The second-order valence-electron chi connectivity index (χ2n) is 5.12. The number of carbonyl (C=O) groups is 1. The van der Waals surface area contributed by atoms with Gasteiger partial charge in [0.1, 0.15) is 0 Å². The molecule has 0 bridgehead atoms. The number of amides is 1. The van der Waals surface area contributed by atoms with E-state index in [1.807, 2.05) is 30.3 Å². The lowest BCUT2D eigenvalue weighted by Crippen LogP contribution is -2.48. The first-order valence-electron chi connectivity index (χ1n) is 6.90. The van der Waals surface area contributed by atoms with E-state index in [4.69, 9.17) is 0 Å². The van der Waals surface area contributed by atoms with Crippen LogP contribution < -0.4 is 10.6 Å². The SMILES string of the molecule is O=C(Nc1ncc(Br)s1)C1(c2ccccc2)CCNCC1.